The van der Waals surface area contributed by atoms with Crippen LogP contribution in [-0.4, -0.2) is 48.1 Å². The molecule has 1 aliphatic heterocycles. The summed E-state index contributed by atoms with van der Waals surface area (Å²) in [4.78, 5) is 27.7. The molecule has 3 rings (SSSR count). The van der Waals surface area contributed by atoms with E-state index in [-0.39, 0.29) is 18.5 Å². The summed E-state index contributed by atoms with van der Waals surface area (Å²) in [5, 5.41) is 2.83. The summed E-state index contributed by atoms with van der Waals surface area (Å²) in [5.74, 6) is 1.32. The molecule has 1 N–H and O–H groups in total. The van der Waals surface area contributed by atoms with Gasteiger partial charge in [-0.15, -0.1) is 0 Å². The number of nitrogens with zero attached hydrogens (tertiary/aromatic N) is 2. The van der Waals surface area contributed by atoms with E-state index in [0.717, 1.165) is 12.1 Å². The number of carbonyl (C=O) groups excluding carboxylic acids is 2. The van der Waals surface area contributed by atoms with Crippen LogP contribution in [0.25, 0.3) is 0 Å². The highest BCUT2D eigenvalue weighted by atomic mass is 16.5. The molecule has 0 radical (unpaired) electrons. The summed E-state index contributed by atoms with van der Waals surface area (Å²) >= 11 is 0. The van der Waals surface area contributed by atoms with Crippen LogP contribution in [0.3, 0.4) is 0 Å². The number of benzene rings is 1. The Bertz CT molecular complexity index is 655. The first-order valence-corrected chi connectivity index (χ1v) is 8.22. The minimum absolute atomic E-state index is 0.0237. The van der Waals surface area contributed by atoms with Crippen LogP contribution in [0.15, 0.2) is 36.4 Å². The highest BCUT2D eigenvalue weighted by Crippen LogP contribution is 2.30. The molecule has 2 fully saturated rings. The Morgan fingerprint density at radius 2 is 2.21 bits per heavy atom. The van der Waals surface area contributed by atoms with Crippen molar-refractivity contribution in [3.63, 3.8) is 0 Å². The summed E-state index contributed by atoms with van der Waals surface area (Å²) in [5.41, 5.74) is 1.57. The first kappa shape index (κ1) is 16.4. The van der Waals surface area contributed by atoms with Gasteiger partial charge in [-0.05, 0) is 43.4 Å². The van der Waals surface area contributed by atoms with Gasteiger partial charge in [-0.1, -0.05) is 12.6 Å². The highest BCUT2D eigenvalue weighted by molar-refractivity contribution is 5.94. The van der Waals surface area contributed by atoms with Crippen molar-refractivity contribution in [2.75, 3.05) is 31.7 Å². The van der Waals surface area contributed by atoms with Crippen molar-refractivity contribution in [3.05, 3.63) is 36.4 Å². The Balaban J connectivity index is 1.55. The fraction of sp³-hybridized carbons (Fsp3) is 0.444. The maximum Gasteiger partial charge on any atom is 0.323 e. The molecule has 128 valence electrons. The number of carbonyl (C=O) groups is 2. The van der Waals surface area contributed by atoms with Crippen LogP contribution in [0, 0.1) is 5.92 Å². The van der Waals surface area contributed by atoms with Gasteiger partial charge < -0.3 is 15.0 Å². The molecule has 2 aliphatic rings. The van der Waals surface area contributed by atoms with E-state index in [0.29, 0.717) is 30.6 Å². The lowest BCUT2D eigenvalue weighted by Gasteiger charge is -2.18. The molecule has 0 unspecified atom stereocenters. The Morgan fingerprint density at radius 3 is 2.92 bits per heavy atom. The van der Waals surface area contributed by atoms with Gasteiger partial charge in [0.15, 0.2) is 0 Å². The molecule has 1 heterocycles. The Hall–Kier alpha value is -2.50. The van der Waals surface area contributed by atoms with Crippen LogP contribution in [0.4, 0.5) is 10.5 Å². The van der Waals surface area contributed by atoms with Crippen molar-refractivity contribution in [1.29, 1.82) is 0 Å². The molecule has 6 heteroatoms. The van der Waals surface area contributed by atoms with Gasteiger partial charge in [0.05, 0.1) is 6.67 Å². The molecule has 0 aromatic heterocycles. The van der Waals surface area contributed by atoms with Crippen molar-refractivity contribution < 1.29 is 14.3 Å². The van der Waals surface area contributed by atoms with E-state index < -0.39 is 0 Å². The predicted molar refractivity (Wildman–Crippen MR) is 91.8 cm³/mol. The van der Waals surface area contributed by atoms with E-state index in [9.17, 15) is 9.59 Å². The van der Waals surface area contributed by atoms with Crippen LogP contribution in [0.1, 0.15) is 19.8 Å². The van der Waals surface area contributed by atoms with Crippen LogP contribution in [-0.2, 0) is 4.79 Å². The largest absolute Gasteiger partial charge is 0.489 e. The number of hydrogen-bond donors (Lipinski definition) is 1. The molecule has 1 aromatic carbocycles. The summed E-state index contributed by atoms with van der Waals surface area (Å²) in [6, 6.07) is 6.94. The van der Waals surface area contributed by atoms with Crippen LogP contribution in [0.2, 0.25) is 0 Å². The predicted octanol–water partition coefficient (Wildman–Crippen LogP) is 2.69. The lowest BCUT2D eigenvalue weighted by atomic mass is 10.3. The molecule has 24 heavy (non-hydrogen) atoms. The zero-order chi connectivity index (χ0) is 17.1. The Labute approximate surface area is 142 Å². The number of urea groups is 1. The molecule has 0 spiro atoms. The first-order valence-electron chi connectivity index (χ1n) is 8.22. The molecular formula is C18H23N3O3. The number of anilines is 1. The second-order valence-corrected chi connectivity index (χ2v) is 6.60. The second kappa shape index (κ2) is 6.95. The van der Waals surface area contributed by atoms with Crippen molar-refractivity contribution in [1.82, 2.24) is 9.80 Å². The summed E-state index contributed by atoms with van der Waals surface area (Å²) in [6.45, 7) is 7.41. The molecule has 1 aromatic rings. The number of amides is 3. The van der Waals surface area contributed by atoms with E-state index in [1.807, 2.05) is 19.1 Å². The quantitative estimate of drug-likeness (QED) is 0.816. The smallest absolute Gasteiger partial charge is 0.323 e. The molecule has 0 atom stereocenters. The van der Waals surface area contributed by atoms with Gasteiger partial charge in [-0.3, -0.25) is 9.69 Å². The highest BCUT2D eigenvalue weighted by Gasteiger charge is 2.34. The van der Waals surface area contributed by atoms with Gasteiger partial charge in [-0.25, -0.2) is 4.79 Å². The van der Waals surface area contributed by atoms with E-state index in [1.54, 1.807) is 17.0 Å². The van der Waals surface area contributed by atoms with Crippen molar-refractivity contribution >= 4 is 17.6 Å². The van der Waals surface area contributed by atoms with Crippen molar-refractivity contribution in [3.8, 4) is 5.75 Å². The summed E-state index contributed by atoms with van der Waals surface area (Å²) < 4.78 is 5.57. The van der Waals surface area contributed by atoms with E-state index >= 15 is 0 Å². The van der Waals surface area contributed by atoms with Gasteiger partial charge >= 0.3 is 6.03 Å². The third-order valence-corrected chi connectivity index (χ3v) is 4.05. The average Bonchev–Trinajstić information content (AvgIpc) is 3.28. The lowest BCUT2D eigenvalue weighted by Crippen LogP contribution is -2.35. The monoisotopic (exact) mass is 329 g/mol. The van der Waals surface area contributed by atoms with Gasteiger partial charge in [0.25, 0.3) is 0 Å². The van der Waals surface area contributed by atoms with Crippen LogP contribution < -0.4 is 10.1 Å². The Kier molecular flexibility index (Phi) is 4.74. The molecular weight excluding hydrogens is 306 g/mol. The average molecular weight is 329 g/mol. The number of nitrogens with one attached hydrogen (secondary N) is 1. The number of ether oxygens (including phenoxy) is 1. The first-order chi connectivity index (χ1) is 11.5. The molecule has 3 amide bonds. The van der Waals surface area contributed by atoms with E-state index in [2.05, 4.69) is 11.9 Å². The van der Waals surface area contributed by atoms with Gasteiger partial charge in [-0.2, -0.15) is 0 Å². The second-order valence-electron chi connectivity index (χ2n) is 6.60. The maximum absolute atomic E-state index is 12.4. The molecule has 1 saturated heterocycles. The van der Waals surface area contributed by atoms with E-state index in [1.165, 1.54) is 17.7 Å². The third-order valence-electron chi connectivity index (χ3n) is 4.05. The van der Waals surface area contributed by atoms with E-state index in [4.69, 9.17) is 4.74 Å². The van der Waals surface area contributed by atoms with Gasteiger partial charge in [0, 0.05) is 18.3 Å². The molecule has 0 bridgehead atoms. The Morgan fingerprint density at radius 1 is 1.42 bits per heavy atom. The molecule has 6 nitrogen and oxygen atoms in total. The minimum Gasteiger partial charge on any atom is -0.489 e. The summed E-state index contributed by atoms with van der Waals surface area (Å²) in [7, 11) is 0. The fourth-order valence-corrected chi connectivity index (χ4v) is 2.58. The lowest BCUT2D eigenvalue weighted by molar-refractivity contribution is -0.126. The fourth-order valence-electron chi connectivity index (χ4n) is 2.58. The normalized spacial score (nSPS) is 17.1. The number of rotatable bonds is 6. The van der Waals surface area contributed by atoms with Crippen LogP contribution >= 0.6 is 0 Å². The topological polar surface area (TPSA) is 61.9 Å². The SMILES string of the molecule is C=C(C)COc1cccc(NC(=O)N2CC(=O)N(CC3CC3)C2)c1. The zero-order valence-electron chi connectivity index (χ0n) is 14.0. The molecule has 1 aliphatic carbocycles. The van der Waals surface area contributed by atoms with Crippen LogP contribution in [0.5, 0.6) is 5.75 Å². The number of hydrogen-bond acceptors (Lipinski definition) is 3. The minimum atomic E-state index is -0.265. The third kappa shape index (κ3) is 4.28. The van der Waals surface area contributed by atoms with Crippen molar-refractivity contribution in [2.24, 2.45) is 5.92 Å². The van der Waals surface area contributed by atoms with Gasteiger partial charge in [0.1, 0.15) is 18.9 Å². The van der Waals surface area contributed by atoms with Gasteiger partial charge in [0.2, 0.25) is 5.91 Å². The summed E-state index contributed by atoms with van der Waals surface area (Å²) in [6.07, 6.45) is 2.37. The van der Waals surface area contributed by atoms with Crippen molar-refractivity contribution in [2.45, 2.75) is 19.8 Å². The maximum atomic E-state index is 12.4. The zero-order valence-corrected chi connectivity index (χ0v) is 14.0. The standard InChI is InChI=1S/C18H23N3O3/c1-13(2)11-24-16-5-3-4-15(8-16)19-18(23)21-10-17(22)20(12-21)9-14-6-7-14/h3-5,8,14H,1,6-7,9-12H2,2H3,(H,19,23). The molecule has 1 saturated carbocycles.